The molecule has 0 saturated carbocycles. The quantitative estimate of drug-likeness (QED) is 0.645. The summed E-state index contributed by atoms with van der Waals surface area (Å²) < 4.78 is 0. The molecule has 0 fully saturated rings. The summed E-state index contributed by atoms with van der Waals surface area (Å²) in [7, 11) is 0. The van der Waals surface area contributed by atoms with Gasteiger partial charge in [0.2, 0.25) is 0 Å². The standard InChI is InChI=1S/C21H36N2O/c1-14(2)12-23(13-15(3)4)21(24)22-20-18(16(5)6)10-9-11-19(20)17(7)8/h9-11,14-17H,12-13H2,1-8H3,(H,22,24). The number of benzene rings is 1. The van der Waals surface area contributed by atoms with Crippen molar-refractivity contribution in [2.75, 3.05) is 18.4 Å². The third kappa shape index (κ3) is 5.85. The van der Waals surface area contributed by atoms with Crippen molar-refractivity contribution in [3.8, 4) is 0 Å². The van der Waals surface area contributed by atoms with Crippen molar-refractivity contribution in [3.05, 3.63) is 29.3 Å². The molecule has 24 heavy (non-hydrogen) atoms. The lowest BCUT2D eigenvalue weighted by atomic mass is 9.92. The molecule has 0 bridgehead atoms. The number of nitrogens with zero attached hydrogens (tertiary/aromatic N) is 1. The molecule has 0 aliphatic carbocycles. The van der Waals surface area contributed by atoms with Crippen molar-refractivity contribution in [2.45, 2.75) is 67.2 Å². The minimum Gasteiger partial charge on any atom is -0.324 e. The Hall–Kier alpha value is -1.51. The Labute approximate surface area is 148 Å². The Morgan fingerprint density at radius 3 is 1.62 bits per heavy atom. The number of hydrogen-bond donors (Lipinski definition) is 1. The van der Waals surface area contributed by atoms with E-state index in [2.05, 4.69) is 78.9 Å². The number of para-hydroxylation sites is 1. The molecule has 136 valence electrons. The molecule has 3 heteroatoms. The van der Waals surface area contributed by atoms with Crippen LogP contribution < -0.4 is 5.32 Å². The molecule has 0 spiro atoms. The minimum absolute atomic E-state index is 0.0207. The molecule has 1 N–H and O–H groups in total. The molecule has 0 saturated heterocycles. The fraction of sp³-hybridized carbons (Fsp3) is 0.667. The zero-order chi connectivity index (χ0) is 18.4. The number of carbonyl (C=O) groups excluding carboxylic acids is 1. The van der Waals surface area contributed by atoms with Crippen molar-refractivity contribution in [1.82, 2.24) is 4.90 Å². The van der Waals surface area contributed by atoms with E-state index in [1.165, 1.54) is 11.1 Å². The highest BCUT2D eigenvalue weighted by Gasteiger charge is 2.20. The van der Waals surface area contributed by atoms with Crippen LogP contribution in [-0.2, 0) is 0 Å². The number of carbonyl (C=O) groups is 1. The average Bonchev–Trinajstić information content (AvgIpc) is 2.45. The summed E-state index contributed by atoms with van der Waals surface area (Å²) >= 11 is 0. The van der Waals surface area contributed by atoms with Crippen LogP contribution in [0, 0.1) is 11.8 Å². The molecule has 3 nitrogen and oxygen atoms in total. The highest BCUT2D eigenvalue weighted by molar-refractivity contribution is 5.91. The third-order valence-corrected chi connectivity index (χ3v) is 4.06. The van der Waals surface area contributed by atoms with Gasteiger partial charge in [0.15, 0.2) is 0 Å². The van der Waals surface area contributed by atoms with Gasteiger partial charge in [0.05, 0.1) is 0 Å². The fourth-order valence-electron chi connectivity index (χ4n) is 3.00. The Bertz CT molecular complexity index is 496. The molecule has 0 unspecified atom stereocenters. The van der Waals surface area contributed by atoms with Gasteiger partial charge < -0.3 is 10.2 Å². The first kappa shape index (κ1) is 20.5. The van der Waals surface area contributed by atoms with Gasteiger partial charge in [0.1, 0.15) is 0 Å². The van der Waals surface area contributed by atoms with E-state index in [1.54, 1.807) is 0 Å². The lowest BCUT2D eigenvalue weighted by Crippen LogP contribution is -2.40. The molecular weight excluding hydrogens is 296 g/mol. The molecule has 0 aliphatic heterocycles. The van der Waals surface area contributed by atoms with E-state index in [1.807, 2.05) is 4.90 Å². The number of rotatable bonds is 7. The summed E-state index contributed by atoms with van der Waals surface area (Å²) in [4.78, 5) is 14.9. The van der Waals surface area contributed by atoms with Gasteiger partial charge in [-0.2, -0.15) is 0 Å². The Kier molecular flexibility index (Phi) is 7.78. The van der Waals surface area contributed by atoms with Crippen LogP contribution in [0.1, 0.15) is 78.4 Å². The molecule has 0 aromatic heterocycles. The van der Waals surface area contributed by atoms with Gasteiger partial charge in [-0.05, 0) is 34.8 Å². The minimum atomic E-state index is 0.0207. The van der Waals surface area contributed by atoms with E-state index in [9.17, 15) is 4.79 Å². The Morgan fingerprint density at radius 2 is 1.29 bits per heavy atom. The predicted octanol–water partition coefficient (Wildman–Crippen LogP) is 6.08. The van der Waals surface area contributed by atoms with Crippen LogP contribution in [0.2, 0.25) is 0 Å². The molecule has 1 aromatic rings. The van der Waals surface area contributed by atoms with Crippen molar-refractivity contribution >= 4 is 11.7 Å². The highest BCUT2D eigenvalue weighted by Crippen LogP contribution is 2.32. The smallest absolute Gasteiger partial charge is 0.321 e. The SMILES string of the molecule is CC(C)CN(CC(C)C)C(=O)Nc1c(C(C)C)cccc1C(C)C. The predicted molar refractivity (Wildman–Crippen MR) is 105 cm³/mol. The normalized spacial score (nSPS) is 11.7. The van der Waals surface area contributed by atoms with Gasteiger partial charge in [-0.15, -0.1) is 0 Å². The third-order valence-electron chi connectivity index (χ3n) is 4.06. The number of nitrogens with one attached hydrogen (secondary N) is 1. The zero-order valence-electron chi connectivity index (χ0n) is 16.8. The molecule has 0 radical (unpaired) electrons. The average molecular weight is 333 g/mol. The van der Waals surface area contributed by atoms with Crippen LogP contribution in [0.15, 0.2) is 18.2 Å². The molecule has 0 atom stereocenters. The van der Waals surface area contributed by atoms with Crippen LogP contribution >= 0.6 is 0 Å². The van der Waals surface area contributed by atoms with Gasteiger partial charge in [0.25, 0.3) is 0 Å². The Balaban J connectivity index is 3.14. The van der Waals surface area contributed by atoms with Gasteiger partial charge in [-0.3, -0.25) is 0 Å². The first-order valence-electron chi connectivity index (χ1n) is 9.32. The number of urea groups is 1. The van der Waals surface area contributed by atoms with E-state index in [4.69, 9.17) is 0 Å². The van der Waals surface area contributed by atoms with Crippen LogP contribution in [0.25, 0.3) is 0 Å². The van der Waals surface area contributed by atoms with Crippen LogP contribution in [-0.4, -0.2) is 24.0 Å². The summed E-state index contributed by atoms with van der Waals surface area (Å²) in [6.07, 6.45) is 0. The largest absolute Gasteiger partial charge is 0.324 e. The first-order chi connectivity index (χ1) is 11.1. The lowest BCUT2D eigenvalue weighted by Gasteiger charge is -2.28. The number of anilines is 1. The monoisotopic (exact) mass is 332 g/mol. The van der Waals surface area contributed by atoms with Gasteiger partial charge in [-0.25, -0.2) is 4.79 Å². The first-order valence-corrected chi connectivity index (χ1v) is 9.32. The summed E-state index contributed by atoms with van der Waals surface area (Å²) in [6.45, 7) is 18.9. The van der Waals surface area contributed by atoms with Crippen LogP contribution in [0.3, 0.4) is 0 Å². The van der Waals surface area contributed by atoms with E-state index >= 15 is 0 Å². The van der Waals surface area contributed by atoms with Crippen molar-refractivity contribution in [3.63, 3.8) is 0 Å². The maximum absolute atomic E-state index is 12.9. The molecule has 0 aliphatic rings. The van der Waals surface area contributed by atoms with Crippen molar-refractivity contribution in [1.29, 1.82) is 0 Å². The second-order valence-corrected chi connectivity index (χ2v) is 8.24. The van der Waals surface area contributed by atoms with Crippen molar-refractivity contribution in [2.24, 2.45) is 11.8 Å². The summed E-state index contributed by atoms with van der Waals surface area (Å²) in [5, 5.41) is 3.24. The maximum Gasteiger partial charge on any atom is 0.321 e. The van der Waals surface area contributed by atoms with Gasteiger partial charge in [-0.1, -0.05) is 73.6 Å². The fourth-order valence-corrected chi connectivity index (χ4v) is 3.00. The molecule has 1 aromatic carbocycles. The Morgan fingerprint density at radius 1 is 0.875 bits per heavy atom. The topological polar surface area (TPSA) is 32.3 Å². The molecular formula is C21H36N2O. The zero-order valence-corrected chi connectivity index (χ0v) is 16.8. The highest BCUT2D eigenvalue weighted by atomic mass is 16.2. The number of amides is 2. The van der Waals surface area contributed by atoms with E-state index in [0.29, 0.717) is 23.7 Å². The van der Waals surface area contributed by atoms with E-state index < -0.39 is 0 Å². The van der Waals surface area contributed by atoms with E-state index in [0.717, 1.165) is 18.8 Å². The van der Waals surface area contributed by atoms with E-state index in [-0.39, 0.29) is 6.03 Å². The summed E-state index contributed by atoms with van der Waals surface area (Å²) in [6, 6.07) is 6.37. The second-order valence-electron chi connectivity index (χ2n) is 8.24. The van der Waals surface area contributed by atoms with Crippen molar-refractivity contribution < 1.29 is 4.79 Å². The van der Waals surface area contributed by atoms with Gasteiger partial charge in [0, 0.05) is 18.8 Å². The lowest BCUT2D eigenvalue weighted by molar-refractivity contribution is 0.196. The van der Waals surface area contributed by atoms with Gasteiger partial charge >= 0.3 is 6.03 Å². The second kappa shape index (κ2) is 9.10. The van der Waals surface area contributed by atoms with Crippen LogP contribution in [0.4, 0.5) is 10.5 Å². The molecule has 0 heterocycles. The van der Waals surface area contributed by atoms with Crippen LogP contribution in [0.5, 0.6) is 0 Å². The summed E-state index contributed by atoms with van der Waals surface area (Å²) in [5.74, 6) is 1.67. The molecule has 2 amide bonds. The number of hydrogen-bond acceptors (Lipinski definition) is 1. The maximum atomic E-state index is 12.9. The summed E-state index contributed by atoms with van der Waals surface area (Å²) in [5.41, 5.74) is 3.43. The molecule has 1 rings (SSSR count).